The zero-order chi connectivity index (χ0) is 21.2. The summed E-state index contributed by atoms with van der Waals surface area (Å²) in [7, 11) is 0. The van der Waals surface area contributed by atoms with Gasteiger partial charge in [0.2, 0.25) is 0 Å². The summed E-state index contributed by atoms with van der Waals surface area (Å²) >= 11 is 0. The van der Waals surface area contributed by atoms with Gasteiger partial charge in [-0.1, -0.05) is 54.6 Å². The molecule has 2 heterocycles. The molecule has 5 heteroatoms. The fourth-order valence-electron chi connectivity index (χ4n) is 5.64. The van der Waals surface area contributed by atoms with Crippen LogP contribution in [0.25, 0.3) is 0 Å². The number of rotatable bonds is 2. The number of β-lactam (4-membered cyclic amide) rings is 1. The van der Waals surface area contributed by atoms with Crippen molar-refractivity contribution in [3.8, 4) is 0 Å². The third-order valence-electron chi connectivity index (χ3n) is 6.89. The molecule has 152 valence electrons. The van der Waals surface area contributed by atoms with E-state index < -0.39 is 11.6 Å². The van der Waals surface area contributed by atoms with Gasteiger partial charge in [-0.05, 0) is 54.7 Å². The summed E-state index contributed by atoms with van der Waals surface area (Å²) in [5.74, 6) is -0.972. The van der Waals surface area contributed by atoms with E-state index in [-0.39, 0.29) is 17.7 Å². The molecule has 3 aliphatic rings. The van der Waals surface area contributed by atoms with E-state index in [1.165, 1.54) is 10.5 Å². The van der Waals surface area contributed by atoms with E-state index in [1.54, 1.807) is 29.2 Å². The monoisotopic (exact) mass is 408 g/mol. The third-order valence-corrected chi connectivity index (χ3v) is 6.89. The molecule has 1 saturated heterocycles. The number of para-hydroxylation sites is 1. The smallest absolute Gasteiger partial charge is 0.262 e. The highest BCUT2D eigenvalue weighted by Gasteiger charge is 2.67. The summed E-state index contributed by atoms with van der Waals surface area (Å²) in [6, 6.07) is 23.6. The predicted molar refractivity (Wildman–Crippen MR) is 116 cm³/mol. The number of hydrogen-bond acceptors (Lipinski definition) is 3. The maximum Gasteiger partial charge on any atom is 0.262 e. The van der Waals surface area contributed by atoms with Gasteiger partial charge in [-0.2, -0.15) is 0 Å². The third kappa shape index (κ3) is 2.23. The number of fused-ring (bicyclic) bond motifs is 3. The lowest BCUT2D eigenvalue weighted by atomic mass is 9.64. The fourth-order valence-corrected chi connectivity index (χ4v) is 5.64. The van der Waals surface area contributed by atoms with Crippen LogP contribution in [0.15, 0.2) is 78.9 Å². The second kappa shape index (κ2) is 6.38. The number of anilines is 1. The minimum Gasteiger partial charge on any atom is -0.298 e. The first kappa shape index (κ1) is 18.1. The minimum absolute atomic E-state index is 0.211. The Kier molecular flexibility index (Phi) is 3.72. The molecule has 2 unspecified atom stereocenters. The largest absolute Gasteiger partial charge is 0.298 e. The van der Waals surface area contributed by atoms with Crippen LogP contribution >= 0.6 is 0 Å². The van der Waals surface area contributed by atoms with Crippen LogP contribution in [0.2, 0.25) is 0 Å². The number of benzene rings is 3. The molecule has 31 heavy (non-hydrogen) atoms. The van der Waals surface area contributed by atoms with Crippen LogP contribution in [-0.2, 0) is 16.8 Å². The molecule has 1 aliphatic carbocycles. The van der Waals surface area contributed by atoms with E-state index in [1.807, 2.05) is 48.5 Å². The van der Waals surface area contributed by atoms with Crippen LogP contribution < -0.4 is 4.90 Å². The van der Waals surface area contributed by atoms with E-state index in [0.717, 1.165) is 24.1 Å². The Labute approximate surface area is 179 Å². The van der Waals surface area contributed by atoms with Crippen molar-refractivity contribution in [3.63, 3.8) is 0 Å². The van der Waals surface area contributed by atoms with E-state index in [2.05, 4.69) is 6.07 Å². The summed E-state index contributed by atoms with van der Waals surface area (Å²) in [6.45, 7) is 0. The molecular formula is C26H20N2O3. The lowest BCUT2D eigenvalue weighted by Gasteiger charge is -2.61. The molecule has 1 fully saturated rings. The van der Waals surface area contributed by atoms with Gasteiger partial charge in [-0.15, -0.1) is 0 Å². The van der Waals surface area contributed by atoms with Crippen molar-refractivity contribution in [2.24, 2.45) is 0 Å². The molecule has 3 aromatic carbocycles. The molecule has 2 aliphatic heterocycles. The van der Waals surface area contributed by atoms with E-state index in [4.69, 9.17) is 0 Å². The number of aryl methyl sites for hydroxylation is 1. The van der Waals surface area contributed by atoms with Crippen LogP contribution in [-0.4, -0.2) is 28.7 Å². The number of carbonyl (C=O) groups is 3. The highest BCUT2D eigenvalue weighted by atomic mass is 16.2. The Morgan fingerprint density at radius 1 is 0.742 bits per heavy atom. The van der Waals surface area contributed by atoms with E-state index >= 15 is 0 Å². The number of nitrogens with zero attached hydrogens (tertiary/aromatic N) is 2. The molecule has 1 spiro atoms. The number of hydrogen-bond donors (Lipinski definition) is 0. The van der Waals surface area contributed by atoms with Crippen molar-refractivity contribution < 1.29 is 14.4 Å². The minimum atomic E-state index is -0.846. The zero-order valence-electron chi connectivity index (χ0n) is 16.8. The second-order valence-electron chi connectivity index (χ2n) is 8.37. The van der Waals surface area contributed by atoms with Crippen LogP contribution in [0.3, 0.4) is 0 Å². The summed E-state index contributed by atoms with van der Waals surface area (Å²) in [6.07, 6.45) is 2.50. The Hall–Kier alpha value is -3.73. The topological polar surface area (TPSA) is 57.7 Å². The van der Waals surface area contributed by atoms with Crippen molar-refractivity contribution in [3.05, 3.63) is 101 Å². The van der Waals surface area contributed by atoms with Crippen molar-refractivity contribution in [2.75, 3.05) is 4.90 Å². The van der Waals surface area contributed by atoms with Gasteiger partial charge >= 0.3 is 0 Å². The van der Waals surface area contributed by atoms with Crippen LogP contribution in [0.5, 0.6) is 0 Å². The second-order valence-corrected chi connectivity index (χ2v) is 8.37. The average molecular weight is 408 g/mol. The molecule has 0 bridgehead atoms. The first-order chi connectivity index (χ1) is 15.1. The van der Waals surface area contributed by atoms with Crippen molar-refractivity contribution in [1.29, 1.82) is 0 Å². The van der Waals surface area contributed by atoms with E-state index in [0.29, 0.717) is 17.5 Å². The van der Waals surface area contributed by atoms with Gasteiger partial charge in [0.1, 0.15) is 11.6 Å². The predicted octanol–water partition coefficient (Wildman–Crippen LogP) is 3.93. The molecule has 3 amide bonds. The molecule has 0 aromatic heterocycles. The van der Waals surface area contributed by atoms with E-state index in [9.17, 15) is 14.4 Å². The summed E-state index contributed by atoms with van der Waals surface area (Å²) in [4.78, 5) is 43.3. The number of carbonyl (C=O) groups excluding carboxylic acids is 3. The molecule has 0 radical (unpaired) electrons. The molecule has 0 saturated carbocycles. The Morgan fingerprint density at radius 3 is 2.06 bits per heavy atom. The number of imide groups is 1. The highest BCUT2D eigenvalue weighted by molar-refractivity contribution is 6.25. The van der Waals surface area contributed by atoms with Crippen molar-refractivity contribution in [2.45, 2.75) is 30.8 Å². The molecule has 6 rings (SSSR count). The van der Waals surface area contributed by atoms with Crippen molar-refractivity contribution >= 4 is 23.4 Å². The maximum absolute atomic E-state index is 13.7. The lowest BCUT2D eigenvalue weighted by Crippen LogP contribution is -2.78. The maximum atomic E-state index is 13.7. The molecule has 3 aromatic rings. The molecule has 2 atom stereocenters. The van der Waals surface area contributed by atoms with Gasteiger partial charge in [-0.3, -0.25) is 24.2 Å². The first-order valence-corrected chi connectivity index (χ1v) is 10.6. The van der Waals surface area contributed by atoms with Gasteiger partial charge in [0.25, 0.3) is 17.7 Å². The summed E-state index contributed by atoms with van der Waals surface area (Å²) in [5.41, 5.74) is 2.99. The molecule has 0 N–H and O–H groups in total. The first-order valence-electron chi connectivity index (χ1n) is 10.6. The van der Waals surface area contributed by atoms with Gasteiger partial charge < -0.3 is 0 Å². The summed E-state index contributed by atoms with van der Waals surface area (Å²) < 4.78 is 0. The molecular weight excluding hydrogens is 388 g/mol. The van der Waals surface area contributed by atoms with Crippen LogP contribution in [0.1, 0.15) is 44.7 Å². The quantitative estimate of drug-likeness (QED) is 0.477. The Morgan fingerprint density at radius 2 is 1.35 bits per heavy atom. The SMILES string of the molecule is O=C1c2ccccc2C(=O)N1C1C(=O)N(c2ccccc2)C12CCCc1ccccc12. The van der Waals surface area contributed by atoms with Gasteiger partial charge in [-0.25, -0.2) is 0 Å². The standard InChI is InChI=1S/C26H20N2O3/c29-23-19-13-5-6-14-20(19)24(30)27(23)22-25(31)28(18-11-2-1-3-12-18)26(22)16-8-10-17-9-4-7-15-21(17)26/h1-7,9,11-15,22H,8,10,16H2. The molecule has 5 nitrogen and oxygen atoms in total. The zero-order valence-corrected chi connectivity index (χ0v) is 16.8. The Bertz CT molecular complexity index is 1220. The van der Waals surface area contributed by atoms with Gasteiger partial charge in [0.05, 0.1) is 11.1 Å². The average Bonchev–Trinajstić information content (AvgIpc) is 3.05. The Balaban J connectivity index is 1.55. The van der Waals surface area contributed by atoms with Crippen molar-refractivity contribution in [1.82, 2.24) is 4.90 Å². The van der Waals surface area contributed by atoms with Gasteiger partial charge in [0.15, 0.2) is 0 Å². The van der Waals surface area contributed by atoms with Crippen LogP contribution in [0.4, 0.5) is 5.69 Å². The number of amides is 3. The highest BCUT2D eigenvalue weighted by Crippen LogP contribution is 2.54. The summed E-state index contributed by atoms with van der Waals surface area (Å²) in [5, 5.41) is 0. The van der Waals surface area contributed by atoms with Crippen LogP contribution in [0, 0.1) is 0 Å². The normalized spacial score (nSPS) is 24.3. The lowest BCUT2D eigenvalue weighted by molar-refractivity contribution is -0.136. The fraction of sp³-hybridized carbons (Fsp3) is 0.192. The van der Waals surface area contributed by atoms with Gasteiger partial charge in [0, 0.05) is 5.69 Å².